The molecule has 2 heterocycles. The van der Waals surface area contributed by atoms with Gasteiger partial charge in [0.2, 0.25) is 17.7 Å². The second kappa shape index (κ2) is 9.87. The highest BCUT2D eigenvalue weighted by molar-refractivity contribution is 6.10. The van der Waals surface area contributed by atoms with Gasteiger partial charge in [0, 0.05) is 50.7 Å². The molecule has 31 heavy (non-hydrogen) atoms. The third-order valence-electron chi connectivity index (χ3n) is 6.43. The first-order valence-corrected chi connectivity index (χ1v) is 10.9. The Morgan fingerprint density at radius 3 is 2.68 bits per heavy atom. The van der Waals surface area contributed by atoms with Crippen LogP contribution in [0.5, 0.6) is 0 Å². The lowest BCUT2D eigenvalue weighted by molar-refractivity contribution is -0.144. The van der Waals surface area contributed by atoms with Gasteiger partial charge in [-0.3, -0.25) is 19.3 Å². The molecule has 0 radical (unpaired) electrons. The molecule has 2 saturated heterocycles. The van der Waals surface area contributed by atoms with E-state index in [0.717, 1.165) is 19.3 Å². The highest BCUT2D eigenvalue weighted by Crippen LogP contribution is 2.42. The maximum Gasteiger partial charge on any atom is 0.241 e. The molecular weight excluding hydrogens is 401 g/mol. The van der Waals surface area contributed by atoms with E-state index in [1.807, 2.05) is 19.0 Å². The lowest BCUT2D eigenvalue weighted by Gasteiger charge is -2.38. The first-order chi connectivity index (χ1) is 14.8. The summed E-state index contributed by atoms with van der Waals surface area (Å²) in [5.41, 5.74) is -1.43. The van der Waals surface area contributed by atoms with Crippen LogP contribution in [-0.2, 0) is 19.8 Å². The molecule has 8 heteroatoms. The van der Waals surface area contributed by atoms with Crippen LogP contribution in [0.2, 0.25) is 0 Å². The zero-order valence-corrected chi connectivity index (χ0v) is 18.3. The van der Waals surface area contributed by atoms with Crippen molar-refractivity contribution in [2.24, 2.45) is 0 Å². The molecule has 1 aromatic rings. The van der Waals surface area contributed by atoms with E-state index >= 15 is 0 Å². The molecule has 170 valence electrons. The molecule has 1 aromatic carbocycles. The summed E-state index contributed by atoms with van der Waals surface area (Å²) in [4.78, 5) is 44.5. The molecule has 0 unspecified atom stereocenters. The Labute approximate surface area is 182 Å². The summed E-state index contributed by atoms with van der Waals surface area (Å²) in [7, 11) is 3.69. The minimum Gasteiger partial charge on any atom is -0.396 e. The Bertz CT molecular complexity index is 829. The van der Waals surface area contributed by atoms with Crippen molar-refractivity contribution in [3.05, 3.63) is 35.6 Å². The van der Waals surface area contributed by atoms with Crippen LogP contribution in [0.15, 0.2) is 24.3 Å². The molecule has 2 atom stereocenters. The van der Waals surface area contributed by atoms with E-state index in [2.05, 4.69) is 0 Å². The molecule has 0 aromatic heterocycles. The number of carbonyl (C=O) groups is 3. The Morgan fingerprint density at radius 1 is 1.26 bits per heavy atom. The lowest BCUT2D eigenvalue weighted by atomic mass is 9.75. The summed E-state index contributed by atoms with van der Waals surface area (Å²) in [6, 6.07) is 5.82. The van der Waals surface area contributed by atoms with Gasteiger partial charge >= 0.3 is 0 Å². The van der Waals surface area contributed by atoms with Crippen LogP contribution in [0.25, 0.3) is 0 Å². The molecule has 2 fully saturated rings. The number of benzene rings is 1. The summed E-state index contributed by atoms with van der Waals surface area (Å²) in [5, 5.41) is 9.39. The van der Waals surface area contributed by atoms with Crippen molar-refractivity contribution in [2.45, 2.75) is 50.0 Å². The van der Waals surface area contributed by atoms with Crippen LogP contribution < -0.4 is 0 Å². The molecule has 3 rings (SSSR count). The topological polar surface area (TPSA) is 81.2 Å². The number of nitrogens with zero attached hydrogens (tertiary/aromatic N) is 3. The van der Waals surface area contributed by atoms with Crippen LogP contribution in [0, 0.1) is 5.82 Å². The van der Waals surface area contributed by atoms with Crippen molar-refractivity contribution >= 4 is 17.7 Å². The first kappa shape index (κ1) is 23.3. The van der Waals surface area contributed by atoms with Gasteiger partial charge in [-0.25, -0.2) is 4.39 Å². The predicted molar refractivity (Wildman–Crippen MR) is 114 cm³/mol. The molecule has 7 nitrogen and oxygen atoms in total. The van der Waals surface area contributed by atoms with E-state index in [-0.39, 0.29) is 49.4 Å². The standard InChI is InChI=1S/C23H32FN3O4/c1-25(2)12-13-27-21(30)16-23(22(27)31,18-8-3-4-9-19(18)24)15-20(29)26-11-6-5-7-17(26)10-14-28/h3-4,8-9,17,28H,5-7,10-16H2,1-2H3/t17-,23+/m0/s1. The fourth-order valence-electron chi connectivity index (χ4n) is 4.76. The molecule has 1 N–H and O–H groups in total. The van der Waals surface area contributed by atoms with Gasteiger partial charge in [0.25, 0.3) is 0 Å². The minimum absolute atomic E-state index is 0.0252. The molecule has 2 aliphatic rings. The van der Waals surface area contributed by atoms with Crippen molar-refractivity contribution in [1.29, 1.82) is 0 Å². The Kier molecular flexibility index (Phi) is 7.43. The average molecular weight is 434 g/mol. The number of aliphatic hydroxyl groups excluding tert-OH is 1. The predicted octanol–water partition coefficient (Wildman–Crippen LogP) is 1.54. The minimum atomic E-state index is -1.53. The summed E-state index contributed by atoms with van der Waals surface area (Å²) in [6.07, 6.45) is 2.62. The van der Waals surface area contributed by atoms with Gasteiger partial charge in [-0.1, -0.05) is 18.2 Å². The number of likely N-dealkylation sites (tertiary alicyclic amines) is 2. The van der Waals surface area contributed by atoms with Crippen molar-refractivity contribution < 1.29 is 23.9 Å². The molecule has 0 bridgehead atoms. The van der Waals surface area contributed by atoms with E-state index < -0.39 is 17.1 Å². The van der Waals surface area contributed by atoms with Gasteiger partial charge in [0.1, 0.15) is 5.82 Å². The fraction of sp³-hybridized carbons (Fsp3) is 0.609. The average Bonchev–Trinajstić information content (AvgIpc) is 2.97. The Morgan fingerprint density at radius 2 is 2.00 bits per heavy atom. The molecule has 0 saturated carbocycles. The normalized spacial score (nSPS) is 24.4. The summed E-state index contributed by atoms with van der Waals surface area (Å²) in [6.45, 7) is 1.21. The van der Waals surface area contributed by atoms with Crippen LogP contribution >= 0.6 is 0 Å². The maximum absolute atomic E-state index is 14.9. The molecule has 0 spiro atoms. The van der Waals surface area contributed by atoms with E-state index in [9.17, 15) is 23.9 Å². The zero-order valence-electron chi connectivity index (χ0n) is 18.3. The fourth-order valence-corrected chi connectivity index (χ4v) is 4.76. The largest absolute Gasteiger partial charge is 0.396 e. The first-order valence-electron chi connectivity index (χ1n) is 10.9. The summed E-state index contributed by atoms with van der Waals surface area (Å²) in [5.74, 6) is -1.74. The second-order valence-electron chi connectivity index (χ2n) is 8.82. The monoisotopic (exact) mass is 433 g/mol. The molecular formula is C23H32FN3O4. The zero-order chi connectivity index (χ0) is 22.6. The molecule has 3 amide bonds. The smallest absolute Gasteiger partial charge is 0.241 e. The number of carbonyl (C=O) groups excluding carboxylic acids is 3. The number of hydrogen-bond acceptors (Lipinski definition) is 5. The maximum atomic E-state index is 14.9. The molecule has 0 aliphatic carbocycles. The van der Waals surface area contributed by atoms with Crippen molar-refractivity contribution in [1.82, 2.24) is 14.7 Å². The van der Waals surface area contributed by atoms with Crippen LogP contribution in [-0.4, -0.2) is 83.9 Å². The van der Waals surface area contributed by atoms with Gasteiger partial charge in [-0.05, 0) is 45.8 Å². The number of imide groups is 1. The van der Waals surface area contributed by atoms with E-state index in [1.165, 1.54) is 23.1 Å². The van der Waals surface area contributed by atoms with E-state index in [0.29, 0.717) is 19.5 Å². The third-order valence-corrected chi connectivity index (χ3v) is 6.43. The molecule has 2 aliphatic heterocycles. The Balaban J connectivity index is 1.94. The second-order valence-corrected chi connectivity index (χ2v) is 8.82. The number of likely N-dealkylation sites (N-methyl/N-ethyl adjacent to an activating group) is 1. The van der Waals surface area contributed by atoms with E-state index in [1.54, 1.807) is 11.0 Å². The number of aliphatic hydroxyl groups is 1. The highest BCUT2D eigenvalue weighted by Gasteiger charge is 2.55. The van der Waals surface area contributed by atoms with Crippen LogP contribution in [0.3, 0.4) is 0 Å². The van der Waals surface area contributed by atoms with E-state index in [4.69, 9.17) is 0 Å². The number of rotatable bonds is 8. The SMILES string of the molecule is CN(C)CCN1C(=O)C[C@](CC(=O)N2CCCC[C@H]2CCO)(c2ccccc2F)C1=O. The van der Waals surface area contributed by atoms with Gasteiger partial charge in [0.05, 0.1) is 5.41 Å². The van der Waals surface area contributed by atoms with Gasteiger partial charge in [-0.2, -0.15) is 0 Å². The van der Waals surface area contributed by atoms with Crippen LogP contribution in [0.4, 0.5) is 4.39 Å². The highest BCUT2D eigenvalue weighted by atomic mass is 19.1. The number of piperidine rings is 1. The third kappa shape index (κ3) is 4.80. The summed E-state index contributed by atoms with van der Waals surface area (Å²) < 4.78 is 14.9. The Hall–Kier alpha value is -2.32. The number of halogens is 1. The van der Waals surface area contributed by atoms with Gasteiger partial charge in [0.15, 0.2) is 0 Å². The quantitative estimate of drug-likeness (QED) is 0.629. The number of hydrogen-bond donors (Lipinski definition) is 1. The van der Waals surface area contributed by atoms with Crippen molar-refractivity contribution in [3.8, 4) is 0 Å². The lowest BCUT2D eigenvalue weighted by Crippen LogP contribution is -2.49. The van der Waals surface area contributed by atoms with Crippen LogP contribution in [0.1, 0.15) is 44.1 Å². The number of amides is 3. The summed E-state index contributed by atoms with van der Waals surface area (Å²) >= 11 is 0. The van der Waals surface area contributed by atoms with Gasteiger partial charge in [-0.15, -0.1) is 0 Å². The van der Waals surface area contributed by atoms with Gasteiger partial charge < -0.3 is 14.9 Å². The van der Waals surface area contributed by atoms with Crippen molar-refractivity contribution in [3.63, 3.8) is 0 Å². The van der Waals surface area contributed by atoms with Crippen molar-refractivity contribution in [2.75, 3.05) is 40.3 Å².